The van der Waals surface area contributed by atoms with Crippen LogP contribution in [0, 0.1) is 18.6 Å². The Morgan fingerprint density at radius 2 is 2.00 bits per heavy atom. The van der Waals surface area contributed by atoms with Crippen molar-refractivity contribution < 1.29 is 23.1 Å². The number of carbonyl (C=O) groups excluding carboxylic acids is 2. The molecule has 0 saturated carbocycles. The lowest BCUT2D eigenvalue weighted by atomic mass is 10.1. The molecule has 1 atom stereocenters. The van der Waals surface area contributed by atoms with Crippen LogP contribution in [-0.2, 0) is 4.74 Å². The molecule has 3 rings (SSSR count). The molecular formula is C23H26F2N2O3. The van der Waals surface area contributed by atoms with Crippen molar-refractivity contribution in [2.45, 2.75) is 38.7 Å². The number of rotatable bonds is 7. The molecule has 0 radical (unpaired) electrons. The van der Waals surface area contributed by atoms with Crippen molar-refractivity contribution in [1.82, 2.24) is 4.90 Å². The number of hydrogen-bond donors (Lipinski definition) is 1. The van der Waals surface area contributed by atoms with E-state index in [-0.39, 0.29) is 12.0 Å². The number of nitrogens with zero attached hydrogens (tertiary/aromatic N) is 1. The van der Waals surface area contributed by atoms with Gasteiger partial charge in [0.2, 0.25) is 0 Å². The van der Waals surface area contributed by atoms with Crippen LogP contribution in [0.5, 0.6) is 0 Å². The molecular weight excluding hydrogens is 390 g/mol. The number of halogens is 2. The number of ether oxygens (including phenoxy) is 1. The largest absolute Gasteiger partial charge is 0.378 e. The summed E-state index contributed by atoms with van der Waals surface area (Å²) >= 11 is 0. The molecule has 1 N–H and O–H groups in total. The minimum absolute atomic E-state index is 0.172. The van der Waals surface area contributed by atoms with Crippen LogP contribution in [0.4, 0.5) is 14.5 Å². The van der Waals surface area contributed by atoms with Gasteiger partial charge in [-0.1, -0.05) is 6.07 Å². The molecule has 1 fully saturated rings. The maximum atomic E-state index is 13.9. The summed E-state index contributed by atoms with van der Waals surface area (Å²) in [5.74, 6) is -2.46. The van der Waals surface area contributed by atoms with Gasteiger partial charge in [0.25, 0.3) is 11.8 Å². The third kappa shape index (κ3) is 5.42. The van der Waals surface area contributed by atoms with E-state index in [2.05, 4.69) is 5.32 Å². The van der Waals surface area contributed by atoms with E-state index >= 15 is 0 Å². The lowest BCUT2D eigenvalue weighted by molar-refractivity contribution is 0.0763. The zero-order chi connectivity index (χ0) is 21.7. The van der Waals surface area contributed by atoms with Gasteiger partial charge in [0.1, 0.15) is 11.6 Å². The first-order chi connectivity index (χ1) is 14.3. The highest BCUT2D eigenvalue weighted by Gasteiger charge is 2.18. The zero-order valence-electron chi connectivity index (χ0n) is 17.2. The van der Waals surface area contributed by atoms with Crippen LogP contribution in [0.1, 0.15) is 52.0 Å². The molecule has 1 aliphatic rings. The molecule has 5 nitrogen and oxygen atoms in total. The summed E-state index contributed by atoms with van der Waals surface area (Å²) in [4.78, 5) is 26.8. The Hall–Kier alpha value is -2.80. The van der Waals surface area contributed by atoms with Crippen molar-refractivity contribution in [3.63, 3.8) is 0 Å². The first-order valence-electron chi connectivity index (χ1n) is 10.1. The lowest BCUT2D eigenvalue weighted by Gasteiger charge is -2.19. The number of anilines is 1. The molecule has 160 valence electrons. The average Bonchev–Trinajstić information content (AvgIpc) is 3.24. The van der Waals surface area contributed by atoms with Crippen molar-refractivity contribution in [3.8, 4) is 0 Å². The van der Waals surface area contributed by atoms with Gasteiger partial charge < -0.3 is 15.0 Å². The molecule has 0 aromatic heterocycles. The normalized spacial score (nSPS) is 15.8. The summed E-state index contributed by atoms with van der Waals surface area (Å²) in [6.45, 7) is 3.18. The maximum absolute atomic E-state index is 13.9. The summed E-state index contributed by atoms with van der Waals surface area (Å²) in [6, 6.07) is 7.66. The molecule has 2 amide bonds. The molecule has 0 spiro atoms. The van der Waals surface area contributed by atoms with Crippen molar-refractivity contribution >= 4 is 17.5 Å². The summed E-state index contributed by atoms with van der Waals surface area (Å²) in [5.41, 5.74) is 1.10. The Morgan fingerprint density at radius 1 is 1.20 bits per heavy atom. The topological polar surface area (TPSA) is 58.6 Å². The second kappa shape index (κ2) is 9.80. The standard InChI is InChI=1S/C23H26F2N2O3/c1-15-7-8-16(23(29)27(2)11-3-5-18-6-4-12-30-18)13-21(15)26-22(28)19-14-17(24)9-10-20(19)25/h7-10,13-14,18H,3-6,11-12H2,1-2H3,(H,26,28). The zero-order valence-corrected chi connectivity index (χ0v) is 17.2. The molecule has 0 aliphatic carbocycles. The van der Waals surface area contributed by atoms with Crippen molar-refractivity contribution in [1.29, 1.82) is 0 Å². The fraction of sp³-hybridized carbons (Fsp3) is 0.391. The second-order valence-electron chi connectivity index (χ2n) is 7.61. The van der Waals surface area contributed by atoms with E-state index in [4.69, 9.17) is 4.74 Å². The van der Waals surface area contributed by atoms with Gasteiger partial charge in [-0.05, 0) is 68.5 Å². The van der Waals surface area contributed by atoms with Gasteiger partial charge in [0.15, 0.2) is 0 Å². The Morgan fingerprint density at radius 3 is 2.73 bits per heavy atom. The highest BCUT2D eigenvalue weighted by molar-refractivity contribution is 6.05. The number of hydrogen-bond acceptors (Lipinski definition) is 3. The van der Waals surface area contributed by atoms with Crippen LogP contribution in [0.25, 0.3) is 0 Å². The summed E-state index contributed by atoms with van der Waals surface area (Å²) in [7, 11) is 1.73. The van der Waals surface area contributed by atoms with E-state index in [0.29, 0.717) is 23.4 Å². The second-order valence-corrected chi connectivity index (χ2v) is 7.61. The fourth-order valence-corrected chi connectivity index (χ4v) is 3.50. The molecule has 1 saturated heterocycles. The number of carbonyl (C=O) groups is 2. The molecule has 2 aromatic carbocycles. The van der Waals surface area contributed by atoms with Crippen LogP contribution in [0.3, 0.4) is 0 Å². The van der Waals surface area contributed by atoms with Crippen molar-refractivity contribution in [2.75, 3.05) is 25.5 Å². The van der Waals surface area contributed by atoms with E-state index in [9.17, 15) is 18.4 Å². The van der Waals surface area contributed by atoms with E-state index in [0.717, 1.165) is 50.5 Å². The van der Waals surface area contributed by atoms with E-state index in [1.807, 2.05) is 0 Å². The van der Waals surface area contributed by atoms with Crippen molar-refractivity contribution in [2.24, 2.45) is 0 Å². The number of aryl methyl sites for hydroxylation is 1. The fourth-order valence-electron chi connectivity index (χ4n) is 3.50. The highest BCUT2D eigenvalue weighted by Crippen LogP contribution is 2.21. The minimum atomic E-state index is -0.815. The van der Waals surface area contributed by atoms with E-state index in [1.165, 1.54) is 0 Å². The van der Waals surface area contributed by atoms with Crippen LogP contribution < -0.4 is 5.32 Å². The number of amides is 2. The van der Waals surface area contributed by atoms with Gasteiger partial charge in [-0.2, -0.15) is 0 Å². The third-order valence-corrected chi connectivity index (χ3v) is 5.30. The molecule has 0 bridgehead atoms. The first kappa shape index (κ1) is 21.9. The van der Waals surface area contributed by atoms with E-state index in [1.54, 1.807) is 37.1 Å². The minimum Gasteiger partial charge on any atom is -0.378 e. The van der Waals surface area contributed by atoms with Gasteiger partial charge in [-0.3, -0.25) is 9.59 Å². The Kier molecular flexibility index (Phi) is 7.15. The molecule has 2 aromatic rings. The van der Waals surface area contributed by atoms with Crippen LogP contribution in [-0.4, -0.2) is 43.0 Å². The van der Waals surface area contributed by atoms with Gasteiger partial charge in [0, 0.05) is 31.5 Å². The Labute approximate surface area is 175 Å². The average molecular weight is 416 g/mol. The lowest BCUT2D eigenvalue weighted by Crippen LogP contribution is -2.28. The predicted octanol–water partition coefficient (Wildman–Crippen LogP) is 4.56. The molecule has 1 heterocycles. The van der Waals surface area contributed by atoms with Gasteiger partial charge in [0.05, 0.1) is 11.7 Å². The van der Waals surface area contributed by atoms with Gasteiger partial charge in [-0.25, -0.2) is 8.78 Å². The maximum Gasteiger partial charge on any atom is 0.258 e. The van der Waals surface area contributed by atoms with Crippen molar-refractivity contribution in [3.05, 3.63) is 64.7 Å². The summed E-state index contributed by atoms with van der Waals surface area (Å²) in [6.07, 6.45) is 4.23. The Bertz CT molecular complexity index is 927. The van der Waals surface area contributed by atoms with Crippen LogP contribution in [0.15, 0.2) is 36.4 Å². The summed E-state index contributed by atoms with van der Waals surface area (Å²) < 4.78 is 32.9. The molecule has 1 unspecified atom stereocenters. The third-order valence-electron chi connectivity index (χ3n) is 5.30. The quantitative estimate of drug-likeness (QED) is 0.720. The monoisotopic (exact) mass is 416 g/mol. The van der Waals surface area contributed by atoms with Crippen LogP contribution in [0.2, 0.25) is 0 Å². The Balaban J connectivity index is 1.65. The van der Waals surface area contributed by atoms with Crippen LogP contribution >= 0.6 is 0 Å². The molecule has 7 heteroatoms. The SMILES string of the molecule is Cc1ccc(C(=O)N(C)CCCC2CCCO2)cc1NC(=O)c1cc(F)ccc1F. The highest BCUT2D eigenvalue weighted by atomic mass is 19.1. The summed E-state index contributed by atoms with van der Waals surface area (Å²) in [5, 5.41) is 2.58. The number of benzene rings is 2. The van der Waals surface area contributed by atoms with Gasteiger partial charge >= 0.3 is 0 Å². The predicted molar refractivity (Wildman–Crippen MR) is 111 cm³/mol. The molecule has 1 aliphatic heterocycles. The first-order valence-corrected chi connectivity index (χ1v) is 10.1. The smallest absolute Gasteiger partial charge is 0.258 e. The molecule has 30 heavy (non-hydrogen) atoms. The number of nitrogens with one attached hydrogen (secondary N) is 1. The van der Waals surface area contributed by atoms with E-state index < -0.39 is 23.1 Å². The van der Waals surface area contributed by atoms with Gasteiger partial charge in [-0.15, -0.1) is 0 Å².